The van der Waals surface area contributed by atoms with E-state index in [-0.39, 0.29) is 18.7 Å². The molecule has 2 heterocycles. The normalized spacial score (nSPS) is 27.2. The van der Waals surface area contributed by atoms with Gasteiger partial charge >= 0.3 is 0 Å². The summed E-state index contributed by atoms with van der Waals surface area (Å²) in [6.45, 7) is 3.99. The highest BCUT2D eigenvalue weighted by molar-refractivity contribution is 5.16. The molecule has 4 heteroatoms. The number of rotatable bonds is 4. The Bertz CT molecular complexity index is 344. The maximum atomic E-state index is 9.50. The van der Waals surface area contributed by atoms with E-state index >= 15 is 0 Å². The van der Waals surface area contributed by atoms with E-state index in [2.05, 4.69) is 16.8 Å². The molecule has 0 aliphatic carbocycles. The molecule has 1 aromatic rings. The average Bonchev–Trinajstić information content (AvgIpc) is 2.73. The van der Waals surface area contributed by atoms with Gasteiger partial charge in [0.15, 0.2) is 0 Å². The molecular formula is C13H21N3O. The van der Waals surface area contributed by atoms with Crippen LogP contribution in [0.1, 0.15) is 24.9 Å². The summed E-state index contributed by atoms with van der Waals surface area (Å²) in [6.07, 6.45) is 4.73. The number of likely N-dealkylation sites (tertiary alicyclic amines) is 1. The van der Waals surface area contributed by atoms with E-state index in [0.717, 1.165) is 13.0 Å². The van der Waals surface area contributed by atoms with Crippen molar-refractivity contribution in [3.8, 4) is 0 Å². The third-order valence-corrected chi connectivity index (χ3v) is 3.83. The first kappa shape index (κ1) is 12.5. The third-order valence-electron chi connectivity index (χ3n) is 3.83. The predicted molar refractivity (Wildman–Crippen MR) is 67.4 cm³/mol. The number of pyridine rings is 1. The summed E-state index contributed by atoms with van der Waals surface area (Å²) >= 11 is 0. The van der Waals surface area contributed by atoms with Crippen LogP contribution in [0.25, 0.3) is 0 Å². The minimum Gasteiger partial charge on any atom is -0.395 e. The number of aliphatic hydroxyl groups is 1. The van der Waals surface area contributed by atoms with Crippen LogP contribution in [0.5, 0.6) is 0 Å². The van der Waals surface area contributed by atoms with Crippen molar-refractivity contribution >= 4 is 0 Å². The van der Waals surface area contributed by atoms with Crippen molar-refractivity contribution in [2.24, 2.45) is 11.7 Å². The van der Waals surface area contributed by atoms with E-state index in [1.807, 2.05) is 12.1 Å². The summed E-state index contributed by atoms with van der Waals surface area (Å²) in [5.74, 6) is 0.538. The zero-order chi connectivity index (χ0) is 12.3. The van der Waals surface area contributed by atoms with Crippen LogP contribution in [0.2, 0.25) is 0 Å². The van der Waals surface area contributed by atoms with Crippen LogP contribution in [0.4, 0.5) is 0 Å². The number of hydrogen-bond acceptors (Lipinski definition) is 4. The Labute approximate surface area is 102 Å². The predicted octanol–water partition coefficient (Wildman–Crippen LogP) is 0.784. The number of nitrogens with two attached hydrogens (primary N) is 1. The molecule has 3 atom stereocenters. The molecule has 0 bridgehead atoms. The zero-order valence-corrected chi connectivity index (χ0v) is 10.3. The van der Waals surface area contributed by atoms with Gasteiger partial charge in [0, 0.05) is 31.0 Å². The number of nitrogens with zero attached hydrogens (tertiary/aromatic N) is 2. The smallest absolute Gasteiger partial charge is 0.0589 e. The SMILES string of the molecule is CC1CCN(C(CN)c2ccncc2)C1CO. The van der Waals surface area contributed by atoms with Gasteiger partial charge in [-0.1, -0.05) is 6.92 Å². The Kier molecular flexibility index (Phi) is 4.10. The van der Waals surface area contributed by atoms with E-state index in [1.165, 1.54) is 5.56 Å². The van der Waals surface area contributed by atoms with Gasteiger partial charge in [-0.2, -0.15) is 0 Å². The molecule has 0 amide bonds. The molecule has 0 radical (unpaired) electrons. The Morgan fingerprint density at radius 1 is 1.53 bits per heavy atom. The lowest BCUT2D eigenvalue weighted by Crippen LogP contribution is -2.41. The minimum atomic E-state index is 0.195. The van der Waals surface area contributed by atoms with Crippen LogP contribution in [-0.4, -0.2) is 40.7 Å². The Balaban J connectivity index is 2.19. The summed E-state index contributed by atoms with van der Waals surface area (Å²) in [5.41, 5.74) is 7.09. The first-order valence-electron chi connectivity index (χ1n) is 6.24. The van der Waals surface area contributed by atoms with Crippen LogP contribution in [0, 0.1) is 5.92 Å². The van der Waals surface area contributed by atoms with Crippen LogP contribution in [-0.2, 0) is 0 Å². The Hall–Kier alpha value is -0.970. The second-order valence-electron chi connectivity index (χ2n) is 4.79. The third kappa shape index (κ3) is 2.49. The van der Waals surface area contributed by atoms with E-state index in [9.17, 15) is 5.11 Å². The number of aromatic nitrogens is 1. The molecule has 1 saturated heterocycles. The van der Waals surface area contributed by atoms with Crippen molar-refractivity contribution in [3.63, 3.8) is 0 Å². The van der Waals surface area contributed by atoms with Gasteiger partial charge in [0.25, 0.3) is 0 Å². The van der Waals surface area contributed by atoms with Crippen LogP contribution in [0.3, 0.4) is 0 Å². The average molecular weight is 235 g/mol. The second kappa shape index (κ2) is 5.58. The molecule has 0 spiro atoms. The van der Waals surface area contributed by atoms with E-state index in [1.54, 1.807) is 12.4 Å². The van der Waals surface area contributed by atoms with Gasteiger partial charge in [-0.15, -0.1) is 0 Å². The molecule has 17 heavy (non-hydrogen) atoms. The number of aliphatic hydroxyl groups excluding tert-OH is 1. The maximum absolute atomic E-state index is 9.50. The van der Waals surface area contributed by atoms with Gasteiger partial charge < -0.3 is 10.8 Å². The van der Waals surface area contributed by atoms with E-state index in [0.29, 0.717) is 12.5 Å². The van der Waals surface area contributed by atoms with Crippen molar-refractivity contribution in [2.45, 2.75) is 25.4 Å². The van der Waals surface area contributed by atoms with Gasteiger partial charge in [0.2, 0.25) is 0 Å². The summed E-state index contributed by atoms with van der Waals surface area (Å²) < 4.78 is 0. The van der Waals surface area contributed by atoms with Crippen LogP contribution in [0.15, 0.2) is 24.5 Å². The van der Waals surface area contributed by atoms with Gasteiger partial charge in [-0.05, 0) is 36.6 Å². The van der Waals surface area contributed by atoms with E-state index < -0.39 is 0 Å². The lowest BCUT2D eigenvalue weighted by Gasteiger charge is -2.33. The Morgan fingerprint density at radius 3 is 2.82 bits per heavy atom. The summed E-state index contributed by atoms with van der Waals surface area (Å²) in [4.78, 5) is 6.37. The highest BCUT2D eigenvalue weighted by atomic mass is 16.3. The lowest BCUT2D eigenvalue weighted by atomic mass is 10.0. The molecule has 1 aliphatic rings. The fourth-order valence-electron chi connectivity index (χ4n) is 2.76. The first-order valence-corrected chi connectivity index (χ1v) is 6.24. The highest BCUT2D eigenvalue weighted by Crippen LogP contribution is 2.31. The first-order chi connectivity index (χ1) is 8.27. The molecular weight excluding hydrogens is 214 g/mol. The second-order valence-corrected chi connectivity index (χ2v) is 4.79. The molecule has 3 unspecified atom stereocenters. The molecule has 0 aromatic carbocycles. The molecule has 4 nitrogen and oxygen atoms in total. The molecule has 2 rings (SSSR count). The molecule has 1 aliphatic heterocycles. The summed E-state index contributed by atoms with van der Waals surface area (Å²) in [6, 6.07) is 4.45. The summed E-state index contributed by atoms with van der Waals surface area (Å²) in [5, 5.41) is 9.50. The number of hydrogen-bond donors (Lipinski definition) is 2. The highest BCUT2D eigenvalue weighted by Gasteiger charge is 2.35. The minimum absolute atomic E-state index is 0.195. The van der Waals surface area contributed by atoms with Crippen molar-refractivity contribution < 1.29 is 5.11 Å². The van der Waals surface area contributed by atoms with Gasteiger partial charge in [0.1, 0.15) is 0 Å². The zero-order valence-electron chi connectivity index (χ0n) is 10.3. The molecule has 1 fully saturated rings. The topological polar surface area (TPSA) is 62.4 Å². The van der Waals surface area contributed by atoms with E-state index in [4.69, 9.17) is 5.73 Å². The maximum Gasteiger partial charge on any atom is 0.0589 e. The van der Waals surface area contributed by atoms with Crippen LogP contribution < -0.4 is 5.73 Å². The van der Waals surface area contributed by atoms with Crippen LogP contribution >= 0.6 is 0 Å². The van der Waals surface area contributed by atoms with Crippen molar-refractivity contribution in [3.05, 3.63) is 30.1 Å². The molecule has 0 saturated carbocycles. The van der Waals surface area contributed by atoms with Crippen molar-refractivity contribution in [1.82, 2.24) is 9.88 Å². The standard InChI is InChI=1S/C13H21N3O/c1-10-4-7-16(13(10)9-17)12(8-14)11-2-5-15-6-3-11/h2-3,5-6,10,12-13,17H,4,7-9,14H2,1H3. The fraction of sp³-hybridized carbons (Fsp3) is 0.615. The molecule has 3 N–H and O–H groups in total. The molecule has 1 aromatic heterocycles. The van der Waals surface area contributed by atoms with Gasteiger partial charge in [-0.25, -0.2) is 0 Å². The van der Waals surface area contributed by atoms with Crippen molar-refractivity contribution in [2.75, 3.05) is 19.7 Å². The fourth-order valence-corrected chi connectivity index (χ4v) is 2.76. The lowest BCUT2D eigenvalue weighted by molar-refractivity contribution is 0.105. The molecule has 94 valence electrons. The van der Waals surface area contributed by atoms with Gasteiger partial charge in [0.05, 0.1) is 6.61 Å². The van der Waals surface area contributed by atoms with Gasteiger partial charge in [-0.3, -0.25) is 9.88 Å². The monoisotopic (exact) mass is 235 g/mol. The quantitative estimate of drug-likeness (QED) is 0.809. The van der Waals surface area contributed by atoms with Crippen molar-refractivity contribution in [1.29, 1.82) is 0 Å². The largest absolute Gasteiger partial charge is 0.395 e. The summed E-state index contributed by atoms with van der Waals surface area (Å²) in [7, 11) is 0. The Morgan fingerprint density at radius 2 is 2.24 bits per heavy atom.